The molecule has 1 aromatic rings. The maximum atomic E-state index is 14.1. The molecule has 1 saturated heterocycles. The fourth-order valence-corrected chi connectivity index (χ4v) is 3.31. The van der Waals surface area contributed by atoms with Gasteiger partial charge in [-0.3, -0.25) is 4.79 Å². The van der Waals surface area contributed by atoms with Gasteiger partial charge in [-0.15, -0.1) is 0 Å². The summed E-state index contributed by atoms with van der Waals surface area (Å²) in [5.41, 5.74) is 0.323. The van der Waals surface area contributed by atoms with E-state index in [2.05, 4.69) is 15.9 Å². The van der Waals surface area contributed by atoms with Crippen molar-refractivity contribution in [2.75, 3.05) is 7.11 Å². The minimum atomic E-state index is -0.403. The number of methoxy groups -OCH3 is 1. The second-order valence-corrected chi connectivity index (χ2v) is 6.09. The molecule has 20 heavy (non-hydrogen) atoms. The number of hydrogen-bond donors (Lipinski definition) is 0. The van der Waals surface area contributed by atoms with E-state index in [-0.39, 0.29) is 17.8 Å². The highest BCUT2D eigenvalue weighted by molar-refractivity contribution is 9.10. The molecule has 1 aliphatic carbocycles. The van der Waals surface area contributed by atoms with E-state index in [0.29, 0.717) is 21.5 Å². The third kappa shape index (κ3) is 2.35. The monoisotopic (exact) mass is 340 g/mol. The molecule has 1 aliphatic heterocycles. The molecule has 1 aromatic carbocycles. The van der Waals surface area contributed by atoms with E-state index < -0.39 is 5.82 Å². The fraction of sp³-hybridized carbons (Fsp3) is 0.400. The normalized spacial score (nSPS) is 26.8. The first-order valence-corrected chi connectivity index (χ1v) is 7.34. The molecule has 2 atom stereocenters. The van der Waals surface area contributed by atoms with Crippen molar-refractivity contribution < 1.29 is 18.7 Å². The summed E-state index contributed by atoms with van der Waals surface area (Å²) in [4.78, 5) is 11.8. The van der Waals surface area contributed by atoms with Crippen molar-refractivity contribution in [3.8, 4) is 5.75 Å². The van der Waals surface area contributed by atoms with Gasteiger partial charge in [0.15, 0.2) is 0 Å². The van der Waals surface area contributed by atoms with Crippen LogP contribution in [0.5, 0.6) is 5.75 Å². The summed E-state index contributed by atoms with van der Waals surface area (Å²) in [5, 5.41) is 0. The van der Waals surface area contributed by atoms with Crippen LogP contribution in [0.1, 0.15) is 24.8 Å². The molecule has 2 aliphatic rings. The Labute approximate surface area is 124 Å². The molecule has 2 unspecified atom stereocenters. The largest absolute Gasteiger partial charge is 0.496 e. The van der Waals surface area contributed by atoms with E-state index in [1.807, 2.05) is 0 Å². The molecular weight excluding hydrogens is 327 g/mol. The van der Waals surface area contributed by atoms with Crippen molar-refractivity contribution in [2.24, 2.45) is 11.8 Å². The molecule has 0 aromatic heterocycles. The van der Waals surface area contributed by atoms with Gasteiger partial charge in [0.05, 0.1) is 18.6 Å². The number of hydrogen-bond acceptors (Lipinski definition) is 3. The summed E-state index contributed by atoms with van der Waals surface area (Å²) in [7, 11) is 1.49. The number of carbonyl (C=O) groups excluding carboxylic acids is 1. The van der Waals surface area contributed by atoms with E-state index in [1.165, 1.54) is 13.2 Å². The molecule has 1 saturated carbocycles. The summed E-state index contributed by atoms with van der Waals surface area (Å²) in [6.45, 7) is 0. The molecule has 2 fully saturated rings. The number of esters is 1. The Morgan fingerprint density at radius 2 is 2.15 bits per heavy atom. The van der Waals surface area contributed by atoms with Crippen molar-refractivity contribution >= 4 is 28.0 Å². The highest BCUT2D eigenvalue weighted by Crippen LogP contribution is 2.43. The Morgan fingerprint density at radius 1 is 1.40 bits per heavy atom. The summed E-state index contributed by atoms with van der Waals surface area (Å²) in [6.07, 6.45) is 4.19. The number of allylic oxidation sites excluding steroid dienone is 1. The van der Waals surface area contributed by atoms with Crippen molar-refractivity contribution in [1.29, 1.82) is 0 Å². The Kier molecular flexibility index (Phi) is 3.54. The van der Waals surface area contributed by atoms with E-state index in [9.17, 15) is 9.18 Å². The predicted octanol–water partition coefficient (Wildman–Crippen LogP) is 3.91. The molecule has 0 spiro atoms. The quantitative estimate of drug-likeness (QED) is 0.765. The average molecular weight is 341 g/mol. The first-order chi connectivity index (χ1) is 9.58. The van der Waals surface area contributed by atoms with E-state index in [0.717, 1.165) is 19.3 Å². The summed E-state index contributed by atoms with van der Waals surface area (Å²) in [6, 6.07) is 3.06. The smallest absolute Gasteiger partial charge is 0.314 e. The Balaban J connectivity index is 2.01. The molecule has 0 radical (unpaired) electrons. The van der Waals surface area contributed by atoms with Gasteiger partial charge < -0.3 is 9.47 Å². The van der Waals surface area contributed by atoms with Crippen molar-refractivity contribution in [3.05, 3.63) is 33.7 Å². The van der Waals surface area contributed by atoms with Gasteiger partial charge in [0.1, 0.15) is 17.3 Å². The van der Waals surface area contributed by atoms with Gasteiger partial charge in [-0.05, 0) is 37.5 Å². The number of ether oxygens (including phenoxy) is 2. The zero-order chi connectivity index (χ0) is 14.3. The second-order valence-electron chi connectivity index (χ2n) is 5.18. The first kappa shape index (κ1) is 13.6. The van der Waals surface area contributed by atoms with Gasteiger partial charge in [-0.25, -0.2) is 4.39 Å². The van der Waals surface area contributed by atoms with E-state index in [1.54, 1.807) is 12.1 Å². The van der Waals surface area contributed by atoms with Crippen molar-refractivity contribution in [2.45, 2.75) is 19.3 Å². The van der Waals surface area contributed by atoms with E-state index in [4.69, 9.17) is 9.47 Å². The molecule has 3 rings (SSSR count). The van der Waals surface area contributed by atoms with Gasteiger partial charge in [0.25, 0.3) is 0 Å². The average Bonchev–Trinajstić information content (AvgIpc) is 2.84. The molecule has 0 N–H and O–H groups in total. The van der Waals surface area contributed by atoms with Crippen LogP contribution in [0.15, 0.2) is 22.4 Å². The number of benzene rings is 1. The second kappa shape index (κ2) is 5.20. The number of halogens is 2. The standard InChI is InChI=1S/C15H14BrFO3/c1-19-14-6-10(16)5-12(17)11(14)7-13-8-2-3-9(4-8)15(18)20-13/h5-9H,2-4H2,1H3. The lowest BCUT2D eigenvalue weighted by atomic mass is 9.98. The summed E-state index contributed by atoms with van der Waals surface area (Å²) < 4.78 is 25.3. The lowest BCUT2D eigenvalue weighted by molar-refractivity contribution is -0.146. The third-order valence-electron chi connectivity index (χ3n) is 3.95. The predicted molar refractivity (Wildman–Crippen MR) is 75.6 cm³/mol. The molecule has 3 nitrogen and oxygen atoms in total. The van der Waals surface area contributed by atoms with Gasteiger partial charge in [0, 0.05) is 10.4 Å². The highest BCUT2D eigenvalue weighted by atomic mass is 79.9. The lowest BCUT2D eigenvalue weighted by Gasteiger charge is -2.21. The van der Waals surface area contributed by atoms with Crippen LogP contribution >= 0.6 is 15.9 Å². The molecule has 0 amide bonds. The van der Waals surface area contributed by atoms with Crippen LogP contribution in [0.4, 0.5) is 4.39 Å². The zero-order valence-corrected chi connectivity index (χ0v) is 12.6. The van der Waals surface area contributed by atoms with Crippen LogP contribution in [0.2, 0.25) is 0 Å². The van der Waals surface area contributed by atoms with Crippen molar-refractivity contribution in [1.82, 2.24) is 0 Å². The Morgan fingerprint density at radius 3 is 2.90 bits per heavy atom. The van der Waals surface area contributed by atoms with Crippen LogP contribution in [-0.4, -0.2) is 13.1 Å². The topological polar surface area (TPSA) is 35.5 Å². The van der Waals surface area contributed by atoms with Gasteiger partial charge in [-0.1, -0.05) is 15.9 Å². The minimum absolute atomic E-state index is 0.0220. The minimum Gasteiger partial charge on any atom is -0.496 e. The molecule has 106 valence electrons. The SMILES string of the molecule is COc1cc(Br)cc(F)c1C=C1OC(=O)C2CCC1C2. The van der Waals surface area contributed by atoms with E-state index >= 15 is 0 Å². The number of cyclic esters (lactones) is 1. The number of rotatable bonds is 2. The van der Waals surface area contributed by atoms with Crippen LogP contribution in [-0.2, 0) is 9.53 Å². The zero-order valence-electron chi connectivity index (χ0n) is 11.0. The Hall–Kier alpha value is -1.36. The van der Waals surface area contributed by atoms with Crippen LogP contribution in [0.3, 0.4) is 0 Å². The molecule has 2 bridgehead atoms. The van der Waals surface area contributed by atoms with Gasteiger partial charge >= 0.3 is 5.97 Å². The van der Waals surface area contributed by atoms with Crippen LogP contribution in [0.25, 0.3) is 6.08 Å². The molecule has 5 heteroatoms. The fourth-order valence-electron chi connectivity index (χ4n) is 2.90. The first-order valence-electron chi connectivity index (χ1n) is 6.55. The highest BCUT2D eigenvalue weighted by Gasteiger charge is 2.39. The maximum Gasteiger partial charge on any atom is 0.314 e. The van der Waals surface area contributed by atoms with Gasteiger partial charge in [-0.2, -0.15) is 0 Å². The number of carbonyl (C=O) groups is 1. The third-order valence-corrected chi connectivity index (χ3v) is 4.41. The molecule has 1 heterocycles. The van der Waals surface area contributed by atoms with Gasteiger partial charge in [0.2, 0.25) is 0 Å². The Bertz CT molecular complexity index is 597. The van der Waals surface area contributed by atoms with Crippen LogP contribution in [0, 0.1) is 17.7 Å². The number of fused-ring (bicyclic) bond motifs is 2. The maximum absolute atomic E-state index is 14.1. The summed E-state index contributed by atoms with van der Waals surface area (Å²) >= 11 is 3.23. The lowest BCUT2D eigenvalue weighted by Crippen LogP contribution is -2.22. The molecular formula is C15H14BrFO3. The van der Waals surface area contributed by atoms with Crippen LogP contribution < -0.4 is 4.74 Å². The van der Waals surface area contributed by atoms with Crippen molar-refractivity contribution in [3.63, 3.8) is 0 Å². The summed E-state index contributed by atoms with van der Waals surface area (Å²) in [5.74, 6) is 0.615.